The van der Waals surface area contributed by atoms with Crippen molar-refractivity contribution in [2.24, 2.45) is 11.7 Å². The van der Waals surface area contributed by atoms with E-state index in [1.807, 2.05) is 0 Å². The van der Waals surface area contributed by atoms with Gasteiger partial charge in [-0.1, -0.05) is 0 Å². The van der Waals surface area contributed by atoms with Crippen LogP contribution in [0.3, 0.4) is 0 Å². The molecule has 0 aliphatic carbocycles. The van der Waals surface area contributed by atoms with Crippen LogP contribution in [0.4, 0.5) is 13.2 Å². The van der Waals surface area contributed by atoms with E-state index in [-0.39, 0.29) is 30.8 Å². The molecular weight excluding hydrogens is 311 g/mol. The summed E-state index contributed by atoms with van der Waals surface area (Å²) in [6.07, 6.45) is -4.74. The first-order valence-electron chi connectivity index (χ1n) is 6.66. The first kappa shape index (κ1) is 20.0. The smallest absolute Gasteiger partial charge is 0.355 e. The number of nitrogens with zero attached hydrogens (tertiary/aromatic N) is 1. The number of amides is 2. The highest BCUT2D eigenvalue weighted by atomic mass is 35.5. The molecule has 1 aliphatic rings. The van der Waals surface area contributed by atoms with Gasteiger partial charge in [0.25, 0.3) is 0 Å². The fourth-order valence-electron chi connectivity index (χ4n) is 2.16. The second-order valence-corrected chi connectivity index (χ2v) is 4.87. The third-order valence-corrected chi connectivity index (χ3v) is 3.21. The molecule has 1 unspecified atom stereocenters. The molecule has 5 nitrogen and oxygen atoms in total. The summed E-state index contributed by atoms with van der Waals surface area (Å²) in [5.41, 5.74) is 5.28. The average Bonchev–Trinajstić information content (AvgIpc) is 2.41. The highest BCUT2D eigenvalue weighted by Gasteiger charge is 2.32. The Morgan fingerprint density at radius 1 is 1.33 bits per heavy atom. The summed E-state index contributed by atoms with van der Waals surface area (Å²) in [7, 11) is 0. The fraction of sp³-hybridized carbons (Fsp3) is 0.833. The summed E-state index contributed by atoms with van der Waals surface area (Å²) in [5, 5.41) is 2.64. The van der Waals surface area contributed by atoms with E-state index in [1.165, 1.54) is 4.90 Å². The van der Waals surface area contributed by atoms with Crippen LogP contribution in [-0.4, -0.2) is 49.1 Å². The van der Waals surface area contributed by atoms with Crippen LogP contribution < -0.4 is 11.1 Å². The third kappa shape index (κ3) is 7.52. The number of likely N-dealkylation sites (tertiary alicyclic amines) is 1. The van der Waals surface area contributed by atoms with Crippen molar-refractivity contribution in [2.75, 3.05) is 26.2 Å². The second-order valence-electron chi connectivity index (χ2n) is 4.87. The molecule has 0 saturated carbocycles. The van der Waals surface area contributed by atoms with Crippen LogP contribution in [0, 0.1) is 5.92 Å². The molecule has 1 rings (SSSR count). The van der Waals surface area contributed by atoms with Gasteiger partial charge < -0.3 is 16.0 Å². The van der Waals surface area contributed by atoms with Gasteiger partial charge in [0.05, 0.1) is 12.3 Å². The maximum Gasteiger partial charge on any atom is 0.389 e. The molecule has 3 N–H and O–H groups in total. The first-order valence-corrected chi connectivity index (χ1v) is 6.66. The molecule has 0 radical (unpaired) electrons. The van der Waals surface area contributed by atoms with E-state index < -0.39 is 24.9 Å². The SMILES string of the molecule is Cl.NCCNC(=O)C1CCCN(C(=O)CCC(F)(F)F)C1. The van der Waals surface area contributed by atoms with Gasteiger partial charge in [-0.05, 0) is 12.8 Å². The van der Waals surface area contributed by atoms with Gasteiger partial charge in [-0.25, -0.2) is 0 Å². The minimum Gasteiger partial charge on any atom is -0.355 e. The molecule has 0 aromatic rings. The molecule has 124 valence electrons. The van der Waals surface area contributed by atoms with E-state index in [2.05, 4.69) is 5.32 Å². The second kappa shape index (κ2) is 9.09. The van der Waals surface area contributed by atoms with Crippen molar-refractivity contribution >= 4 is 24.2 Å². The Kier molecular flexibility index (Phi) is 8.65. The number of nitrogens with two attached hydrogens (primary N) is 1. The van der Waals surface area contributed by atoms with Crippen molar-refractivity contribution in [1.82, 2.24) is 10.2 Å². The molecule has 0 bridgehead atoms. The average molecular weight is 332 g/mol. The zero-order valence-corrected chi connectivity index (χ0v) is 12.4. The van der Waals surface area contributed by atoms with Gasteiger partial charge in [-0.2, -0.15) is 13.2 Å². The Hall–Kier alpha value is -1.02. The van der Waals surface area contributed by atoms with Gasteiger partial charge in [0, 0.05) is 32.6 Å². The standard InChI is InChI=1S/C12H20F3N3O2.ClH/c13-12(14,15)4-3-10(19)18-7-1-2-9(8-18)11(20)17-6-5-16;/h9H,1-8,16H2,(H,17,20);1H. The largest absolute Gasteiger partial charge is 0.389 e. The van der Waals surface area contributed by atoms with E-state index in [1.54, 1.807) is 0 Å². The van der Waals surface area contributed by atoms with Crippen molar-refractivity contribution in [3.05, 3.63) is 0 Å². The predicted octanol–water partition coefficient (Wildman–Crippen LogP) is 1.06. The van der Waals surface area contributed by atoms with Gasteiger partial charge in [-0.15, -0.1) is 12.4 Å². The number of carbonyl (C=O) groups is 2. The van der Waals surface area contributed by atoms with Crippen molar-refractivity contribution in [3.8, 4) is 0 Å². The Balaban J connectivity index is 0.00000400. The number of carbonyl (C=O) groups excluding carboxylic acids is 2. The number of piperidine rings is 1. The van der Waals surface area contributed by atoms with Crippen molar-refractivity contribution < 1.29 is 22.8 Å². The summed E-state index contributed by atoms with van der Waals surface area (Å²) in [5.74, 6) is -1.09. The van der Waals surface area contributed by atoms with Crippen LogP contribution in [0.15, 0.2) is 0 Å². The van der Waals surface area contributed by atoms with Gasteiger partial charge in [0.15, 0.2) is 0 Å². The molecule has 1 aliphatic heterocycles. The molecular formula is C12H21ClF3N3O2. The first-order chi connectivity index (χ1) is 9.33. The lowest BCUT2D eigenvalue weighted by Crippen LogP contribution is -2.46. The van der Waals surface area contributed by atoms with E-state index >= 15 is 0 Å². The number of rotatable bonds is 5. The van der Waals surface area contributed by atoms with Crippen LogP contribution in [0.5, 0.6) is 0 Å². The normalized spacial score (nSPS) is 18.9. The van der Waals surface area contributed by atoms with Crippen molar-refractivity contribution in [1.29, 1.82) is 0 Å². The minimum absolute atomic E-state index is 0. The highest BCUT2D eigenvalue weighted by Crippen LogP contribution is 2.23. The van der Waals surface area contributed by atoms with Crippen LogP contribution in [0.1, 0.15) is 25.7 Å². The van der Waals surface area contributed by atoms with Crippen molar-refractivity contribution in [2.45, 2.75) is 31.9 Å². The number of hydrogen-bond acceptors (Lipinski definition) is 3. The molecule has 21 heavy (non-hydrogen) atoms. The molecule has 0 spiro atoms. The highest BCUT2D eigenvalue weighted by molar-refractivity contribution is 5.85. The quantitative estimate of drug-likeness (QED) is 0.791. The zero-order chi connectivity index (χ0) is 15.2. The number of hydrogen-bond donors (Lipinski definition) is 2. The summed E-state index contributed by atoms with van der Waals surface area (Å²) < 4.78 is 36.2. The van der Waals surface area contributed by atoms with E-state index in [4.69, 9.17) is 5.73 Å². The summed E-state index contributed by atoms with van der Waals surface area (Å²) >= 11 is 0. The molecule has 0 aromatic heterocycles. The Morgan fingerprint density at radius 3 is 2.57 bits per heavy atom. The zero-order valence-electron chi connectivity index (χ0n) is 11.6. The summed E-state index contributed by atoms with van der Waals surface area (Å²) in [4.78, 5) is 24.8. The molecule has 1 atom stereocenters. The van der Waals surface area contributed by atoms with Gasteiger partial charge >= 0.3 is 6.18 Å². The van der Waals surface area contributed by atoms with Gasteiger partial charge in [0.1, 0.15) is 0 Å². The van der Waals surface area contributed by atoms with Gasteiger partial charge in [-0.3, -0.25) is 9.59 Å². The Morgan fingerprint density at radius 2 is 2.00 bits per heavy atom. The molecule has 9 heteroatoms. The number of nitrogens with one attached hydrogen (secondary N) is 1. The molecule has 1 heterocycles. The molecule has 1 fully saturated rings. The molecule has 1 saturated heterocycles. The fourth-order valence-corrected chi connectivity index (χ4v) is 2.16. The van der Waals surface area contributed by atoms with Crippen LogP contribution >= 0.6 is 12.4 Å². The van der Waals surface area contributed by atoms with Crippen LogP contribution in [-0.2, 0) is 9.59 Å². The van der Waals surface area contributed by atoms with E-state index in [9.17, 15) is 22.8 Å². The van der Waals surface area contributed by atoms with Crippen molar-refractivity contribution in [3.63, 3.8) is 0 Å². The number of alkyl halides is 3. The lowest BCUT2D eigenvalue weighted by molar-refractivity contribution is -0.150. The monoisotopic (exact) mass is 331 g/mol. The van der Waals surface area contributed by atoms with Crippen LogP contribution in [0.25, 0.3) is 0 Å². The van der Waals surface area contributed by atoms with Gasteiger partial charge in [0.2, 0.25) is 11.8 Å². The minimum atomic E-state index is -4.33. The lowest BCUT2D eigenvalue weighted by Gasteiger charge is -2.32. The maximum atomic E-state index is 12.1. The number of halogens is 4. The molecule has 0 aromatic carbocycles. The Labute approximate surface area is 127 Å². The topological polar surface area (TPSA) is 75.4 Å². The Bertz CT molecular complexity index is 353. The summed E-state index contributed by atoms with van der Waals surface area (Å²) in [6.45, 7) is 1.29. The predicted molar refractivity (Wildman–Crippen MR) is 73.9 cm³/mol. The third-order valence-electron chi connectivity index (χ3n) is 3.21. The maximum absolute atomic E-state index is 12.1. The van der Waals surface area contributed by atoms with E-state index in [0.717, 1.165) is 0 Å². The van der Waals surface area contributed by atoms with E-state index in [0.29, 0.717) is 32.5 Å². The summed E-state index contributed by atoms with van der Waals surface area (Å²) in [6, 6.07) is 0. The van der Waals surface area contributed by atoms with Crippen LogP contribution in [0.2, 0.25) is 0 Å². The molecule has 2 amide bonds. The lowest BCUT2D eigenvalue weighted by atomic mass is 9.96.